The number of fused-ring (bicyclic) bond motifs is 6. The lowest BCUT2D eigenvalue weighted by Crippen LogP contribution is -2.19. The van der Waals surface area contributed by atoms with E-state index in [0.717, 1.165) is 20.3 Å². The first-order chi connectivity index (χ1) is 34.9. The molecular formula is C66H56Br2N4. The number of rotatable bonds is 7. The van der Waals surface area contributed by atoms with Gasteiger partial charge in [-0.3, -0.25) is 0 Å². The monoisotopic (exact) mass is 1060 g/mol. The maximum atomic E-state index is 5.71. The molecule has 10 aromatic carbocycles. The Hall–Kier alpha value is -7.64. The summed E-state index contributed by atoms with van der Waals surface area (Å²) in [4.78, 5) is 0. The highest BCUT2D eigenvalue weighted by Crippen LogP contribution is 2.38. The number of aromatic nitrogens is 2. The molecule has 72 heavy (non-hydrogen) atoms. The Morgan fingerprint density at radius 3 is 0.806 bits per heavy atom. The third-order valence-corrected chi connectivity index (χ3v) is 15.5. The number of nitrogens with two attached hydrogens (primary N) is 2. The third kappa shape index (κ3) is 9.36. The van der Waals surface area contributed by atoms with Crippen LogP contribution in [0.1, 0.15) is 49.9 Å². The lowest BCUT2D eigenvalue weighted by atomic mass is 9.78. The van der Waals surface area contributed by atoms with Gasteiger partial charge < -0.3 is 20.6 Å². The first-order valence-electron chi connectivity index (χ1n) is 24.3. The summed E-state index contributed by atoms with van der Waals surface area (Å²) in [5.74, 6) is 0. The van der Waals surface area contributed by atoms with Crippen molar-refractivity contribution in [3.8, 4) is 22.5 Å². The summed E-state index contributed by atoms with van der Waals surface area (Å²) in [5, 5.41) is 5.15. The molecular weight excluding hydrogens is 1010 g/mol. The van der Waals surface area contributed by atoms with E-state index in [2.05, 4.69) is 263 Å². The largest absolute Gasteiger partial charge is 0.399 e. The third-order valence-electron chi connectivity index (χ3n) is 14.2. The highest BCUT2D eigenvalue weighted by molar-refractivity contribution is 9.11. The number of nitrogens with zero attached hydrogens (tertiary/aromatic N) is 2. The molecule has 0 unspecified atom stereocenters. The minimum Gasteiger partial charge on any atom is -0.399 e. The van der Waals surface area contributed by atoms with Gasteiger partial charge in [0.1, 0.15) is 0 Å². The maximum absolute atomic E-state index is 5.71. The van der Waals surface area contributed by atoms with Gasteiger partial charge in [-0.1, -0.05) is 217 Å². The Balaban J connectivity index is 0.000000157. The Kier molecular flexibility index (Phi) is 13.5. The average molecular weight is 1070 g/mol. The van der Waals surface area contributed by atoms with Crippen molar-refractivity contribution in [2.75, 3.05) is 11.5 Å². The fourth-order valence-corrected chi connectivity index (χ4v) is 10.9. The van der Waals surface area contributed by atoms with E-state index < -0.39 is 0 Å². The maximum Gasteiger partial charge on any atom is 0.0541 e. The molecule has 12 aromatic rings. The van der Waals surface area contributed by atoms with Crippen molar-refractivity contribution in [1.29, 1.82) is 0 Å². The summed E-state index contributed by atoms with van der Waals surface area (Å²) < 4.78 is 6.99. The summed E-state index contributed by atoms with van der Waals surface area (Å²) in [5.41, 5.74) is 27.7. The zero-order valence-corrected chi connectivity index (χ0v) is 44.1. The summed E-state index contributed by atoms with van der Waals surface area (Å²) in [7, 11) is 0. The minimum atomic E-state index is -0.140. The lowest BCUT2D eigenvalue weighted by Gasteiger charge is -2.27. The number of benzene rings is 10. The van der Waals surface area contributed by atoms with Crippen LogP contribution in [0.25, 0.3) is 66.1 Å². The van der Waals surface area contributed by atoms with Crippen molar-refractivity contribution >= 4 is 86.8 Å². The van der Waals surface area contributed by atoms with Crippen molar-refractivity contribution in [1.82, 2.24) is 9.13 Å². The van der Waals surface area contributed by atoms with Crippen molar-refractivity contribution in [3.05, 3.63) is 274 Å². The van der Waals surface area contributed by atoms with Gasteiger partial charge in [0, 0.05) is 64.1 Å². The van der Waals surface area contributed by atoms with Crippen molar-refractivity contribution in [2.24, 2.45) is 0 Å². The standard InChI is InChI=1S/C39H30N2.C15H18N2.C12H8Br2/c1-39(2,27-19-23-29(24-20-27)40-35-15-7-3-11-31(35)32-12-4-8-16-36(32)40)28-21-25-30(26-22-28)41-37-17-9-5-13-33(37)34-14-6-10-18-38(34)41;1-15(2,11-3-7-13(16)8-4-11)12-5-9-14(17)10-6-12;13-11-7-3-1-5-9(11)10-6-2-4-8-12(10)14/h3-26H,1-2H3;3-10H,16-17H2,1-2H3;1-8H. The SMILES string of the molecule is Brc1ccccc1-c1ccccc1Br.CC(C)(c1ccc(-n2c3ccccc3c3ccccc32)cc1)c1ccc(-n2c3ccccc3c3ccccc32)cc1.CC(C)(c1ccc(N)cc1)c1ccc(N)cc1. The van der Waals surface area contributed by atoms with Crippen molar-refractivity contribution in [2.45, 2.75) is 38.5 Å². The van der Waals surface area contributed by atoms with Crippen LogP contribution in [0.5, 0.6) is 0 Å². The molecule has 0 fully saturated rings. The van der Waals surface area contributed by atoms with Gasteiger partial charge in [0.15, 0.2) is 0 Å². The van der Waals surface area contributed by atoms with Gasteiger partial charge in [0.25, 0.3) is 0 Å². The number of halogens is 2. The second-order valence-corrected chi connectivity index (χ2v) is 21.0. The van der Waals surface area contributed by atoms with Gasteiger partial charge in [-0.15, -0.1) is 0 Å². The second-order valence-electron chi connectivity index (χ2n) is 19.3. The van der Waals surface area contributed by atoms with Gasteiger partial charge in [0.2, 0.25) is 0 Å². The van der Waals surface area contributed by atoms with E-state index in [9.17, 15) is 0 Å². The van der Waals surface area contributed by atoms with Crippen LogP contribution in [0.4, 0.5) is 11.4 Å². The van der Waals surface area contributed by atoms with E-state index in [1.165, 1.54) is 88.4 Å². The predicted molar refractivity (Wildman–Crippen MR) is 315 cm³/mol. The van der Waals surface area contributed by atoms with E-state index >= 15 is 0 Å². The molecule has 0 spiro atoms. The Labute approximate surface area is 439 Å². The van der Waals surface area contributed by atoms with E-state index in [-0.39, 0.29) is 10.8 Å². The number of nitrogen functional groups attached to an aromatic ring is 2. The molecule has 12 rings (SSSR count). The van der Waals surface area contributed by atoms with Crippen LogP contribution in [0.15, 0.2) is 252 Å². The molecule has 4 nitrogen and oxygen atoms in total. The fourth-order valence-electron chi connectivity index (χ4n) is 9.95. The highest BCUT2D eigenvalue weighted by Gasteiger charge is 2.25. The van der Waals surface area contributed by atoms with E-state index in [1.807, 2.05) is 48.5 Å². The summed E-state index contributed by atoms with van der Waals surface area (Å²) in [6.45, 7) is 9.03. The lowest BCUT2D eigenvalue weighted by molar-refractivity contribution is 0.640. The minimum absolute atomic E-state index is 0.0403. The van der Waals surface area contributed by atoms with Crippen LogP contribution >= 0.6 is 31.9 Å². The molecule has 0 aliphatic heterocycles. The van der Waals surface area contributed by atoms with Gasteiger partial charge in [-0.2, -0.15) is 0 Å². The molecule has 0 atom stereocenters. The Morgan fingerprint density at radius 2 is 0.528 bits per heavy atom. The van der Waals surface area contributed by atoms with Crippen LogP contribution in [0, 0.1) is 0 Å². The molecule has 0 aliphatic carbocycles. The molecule has 0 amide bonds. The van der Waals surface area contributed by atoms with Crippen LogP contribution in [0.3, 0.4) is 0 Å². The van der Waals surface area contributed by atoms with E-state index in [1.54, 1.807) is 0 Å². The number of para-hydroxylation sites is 4. The van der Waals surface area contributed by atoms with Crippen molar-refractivity contribution in [3.63, 3.8) is 0 Å². The topological polar surface area (TPSA) is 61.9 Å². The summed E-state index contributed by atoms with van der Waals surface area (Å²) in [6.07, 6.45) is 0. The molecule has 354 valence electrons. The quantitative estimate of drug-likeness (QED) is 0.156. The van der Waals surface area contributed by atoms with Crippen LogP contribution in [0.2, 0.25) is 0 Å². The molecule has 2 aromatic heterocycles. The van der Waals surface area contributed by atoms with Crippen molar-refractivity contribution < 1.29 is 0 Å². The van der Waals surface area contributed by atoms with Gasteiger partial charge in [-0.05, 0) is 118 Å². The zero-order valence-electron chi connectivity index (χ0n) is 40.9. The van der Waals surface area contributed by atoms with Crippen LogP contribution < -0.4 is 11.5 Å². The number of hydrogen-bond acceptors (Lipinski definition) is 2. The normalized spacial score (nSPS) is 11.6. The predicted octanol–water partition coefficient (Wildman–Crippen LogP) is 18.3. The molecule has 6 heteroatoms. The fraction of sp³-hybridized carbons (Fsp3) is 0.0909. The molecule has 4 N–H and O–H groups in total. The van der Waals surface area contributed by atoms with Crippen LogP contribution in [-0.4, -0.2) is 9.13 Å². The summed E-state index contributed by atoms with van der Waals surface area (Å²) in [6, 6.07) is 85.4. The highest BCUT2D eigenvalue weighted by atomic mass is 79.9. The molecule has 0 saturated heterocycles. The van der Waals surface area contributed by atoms with Crippen LogP contribution in [-0.2, 0) is 10.8 Å². The molecule has 0 aliphatic rings. The average Bonchev–Trinajstić information content (AvgIpc) is 3.93. The molecule has 0 bridgehead atoms. The number of anilines is 2. The second kappa shape index (κ2) is 20.2. The molecule has 2 heterocycles. The number of hydrogen-bond donors (Lipinski definition) is 2. The smallest absolute Gasteiger partial charge is 0.0541 e. The van der Waals surface area contributed by atoms with Gasteiger partial charge in [-0.25, -0.2) is 0 Å². The Morgan fingerprint density at radius 1 is 0.292 bits per heavy atom. The van der Waals surface area contributed by atoms with Gasteiger partial charge >= 0.3 is 0 Å². The first kappa shape index (κ1) is 48.0. The molecule has 0 radical (unpaired) electrons. The van der Waals surface area contributed by atoms with E-state index in [0.29, 0.717) is 0 Å². The first-order valence-corrected chi connectivity index (χ1v) is 25.9. The summed E-state index contributed by atoms with van der Waals surface area (Å²) >= 11 is 7.09. The Bertz CT molecular complexity index is 3470. The molecule has 0 saturated carbocycles. The zero-order chi connectivity index (χ0) is 50.0. The van der Waals surface area contributed by atoms with Gasteiger partial charge in [0.05, 0.1) is 22.1 Å². The van der Waals surface area contributed by atoms with E-state index in [4.69, 9.17) is 11.5 Å².